The maximum Gasteiger partial charge on any atom is -0.00655 e. The minimum atomic E-state index is 0.381. The van der Waals surface area contributed by atoms with Crippen LogP contribution < -0.4 is 0 Å². The summed E-state index contributed by atoms with van der Waals surface area (Å²) in [6.07, 6.45) is 11.3. The van der Waals surface area contributed by atoms with Crippen LogP contribution in [0, 0.1) is 29.1 Å². The average molecular weight is 293 g/mol. The zero-order valence-electron chi connectivity index (χ0n) is 15.7. The lowest BCUT2D eigenvalue weighted by Crippen LogP contribution is -2.34. The highest BCUT2D eigenvalue weighted by molar-refractivity contribution is 5.10. The van der Waals surface area contributed by atoms with E-state index >= 15 is 0 Å². The van der Waals surface area contributed by atoms with Crippen molar-refractivity contribution in [3.05, 3.63) is 12.2 Å². The zero-order chi connectivity index (χ0) is 16.0. The van der Waals surface area contributed by atoms with Gasteiger partial charge >= 0.3 is 0 Å². The molecule has 0 amide bonds. The smallest absolute Gasteiger partial charge is 0.00655 e. The SMILES string of the molecule is C=C(C)C(CCC)(CCC1CCC(C)CC1)C(C)C(C)C. The van der Waals surface area contributed by atoms with Crippen LogP contribution in [0.25, 0.3) is 0 Å². The Morgan fingerprint density at radius 1 is 1.10 bits per heavy atom. The van der Waals surface area contributed by atoms with E-state index in [2.05, 4.69) is 48.1 Å². The summed E-state index contributed by atoms with van der Waals surface area (Å²) in [6, 6.07) is 0. The second-order valence-corrected chi connectivity index (χ2v) is 8.38. The van der Waals surface area contributed by atoms with Crippen molar-refractivity contribution in [1.82, 2.24) is 0 Å². The lowest BCUT2D eigenvalue weighted by molar-refractivity contribution is 0.125. The van der Waals surface area contributed by atoms with Crippen molar-refractivity contribution in [1.29, 1.82) is 0 Å². The highest BCUT2D eigenvalue weighted by Crippen LogP contribution is 2.48. The van der Waals surface area contributed by atoms with Crippen molar-refractivity contribution >= 4 is 0 Å². The molecule has 2 unspecified atom stereocenters. The molecule has 1 saturated carbocycles. The molecule has 0 bridgehead atoms. The van der Waals surface area contributed by atoms with Crippen molar-refractivity contribution in [3.63, 3.8) is 0 Å². The summed E-state index contributed by atoms with van der Waals surface area (Å²) in [5.41, 5.74) is 1.82. The topological polar surface area (TPSA) is 0 Å². The van der Waals surface area contributed by atoms with E-state index in [1.165, 1.54) is 56.9 Å². The van der Waals surface area contributed by atoms with Gasteiger partial charge in [0.1, 0.15) is 0 Å². The molecule has 0 aliphatic heterocycles. The Morgan fingerprint density at radius 2 is 1.67 bits per heavy atom. The molecule has 0 heterocycles. The maximum atomic E-state index is 4.43. The molecular formula is C21H40. The predicted molar refractivity (Wildman–Crippen MR) is 96.5 cm³/mol. The summed E-state index contributed by atoms with van der Waals surface area (Å²) in [7, 11) is 0. The highest BCUT2D eigenvalue weighted by atomic mass is 14.4. The molecule has 0 nitrogen and oxygen atoms in total. The van der Waals surface area contributed by atoms with Crippen LogP contribution >= 0.6 is 0 Å². The molecule has 0 heteroatoms. The van der Waals surface area contributed by atoms with E-state index in [0.717, 1.165) is 23.7 Å². The molecule has 1 aliphatic carbocycles. The van der Waals surface area contributed by atoms with Gasteiger partial charge in [0.05, 0.1) is 0 Å². The van der Waals surface area contributed by atoms with Crippen LogP contribution in [0.4, 0.5) is 0 Å². The van der Waals surface area contributed by atoms with E-state index in [4.69, 9.17) is 0 Å². The molecule has 0 radical (unpaired) electrons. The minimum Gasteiger partial charge on any atom is -0.0996 e. The van der Waals surface area contributed by atoms with Gasteiger partial charge in [-0.15, -0.1) is 0 Å². The fourth-order valence-corrected chi connectivity index (χ4v) is 4.56. The summed E-state index contributed by atoms with van der Waals surface area (Å²) >= 11 is 0. The van der Waals surface area contributed by atoms with E-state index in [9.17, 15) is 0 Å². The first-order valence-corrected chi connectivity index (χ1v) is 9.49. The monoisotopic (exact) mass is 292 g/mol. The van der Waals surface area contributed by atoms with E-state index in [1.807, 2.05) is 0 Å². The summed E-state index contributed by atoms with van der Waals surface area (Å²) in [4.78, 5) is 0. The van der Waals surface area contributed by atoms with Crippen molar-refractivity contribution in [3.8, 4) is 0 Å². The summed E-state index contributed by atoms with van der Waals surface area (Å²) in [5.74, 6) is 3.45. The maximum absolute atomic E-state index is 4.43. The number of rotatable bonds is 8. The third kappa shape index (κ3) is 4.86. The molecule has 21 heavy (non-hydrogen) atoms. The minimum absolute atomic E-state index is 0.381. The Bertz CT molecular complexity index is 306. The Hall–Kier alpha value is -0.260. The van der Waals surface area contributed by atoms with Gasteiger partial charge < -0.3 is 0 Å². The molecule has 0 spiro atoms. The van der Waals surface area contributed by atoms with Crippen LogP contribution in [0.5, 0.6) is 0 Å². The van der Waals surface area contributed by atoms with Gasteiger partial charge in [0.15, 0.2) is 0 Å². The fourth-order valence-electron chi connectivity index (χ4n) is 4.56. The number of allylic oxidation sites excluding steroid dienone is 1. The van der Waals surface area contributed by atoms with E-state index in [1.54, 1.807) is 0 Å². The van der Waals surface area contributed by atoms with Crippen molar-refractivity contribution in [2.45, 2.75) is 92.9 Å². The Labute approximate surface area is 134 Å². The quantitative estimate of drug-likeness (QED) is 0.413. The van der Waals surface area contributed by atoms with Crippen LogP contribution in [0.2, 0.25) is 0 Å². The number of hydrogen-bond donors (Lipinski definition) is 0. The van der Waals surface area contributed by atoms with Gasteiger partial charge in [0.25, 0.3) is 0 Å². The third-order valence-corrected chi connectivity index (χ3v) is 6.55. The highest BCUT2D eigenvalue weighted by Gasteiger charge is 2.38. The Morgan fingerprint density at radius 3 is 2.10 bits per heavy atom. The van der Waals surface area contributed by atoms with E-state index in [0.29, 0.717) is 5.41 Å². The second kappa shape index (κ2) is 8.39. The van der Waals surface area contributed by atoms with Crippen LogP contribution in [0.3, 0.4) is 0 Å². The van der Waals surface area contributed by atoms with Gasteiger partial charge in [-0.25, -0.2) is 0 Å². The molecule has 1 fully saturated rings. The van der Waals surface area contributed by atoms with Gasteiger partial charge in [0, 0.05) is 0 Å². The number of hydrogen-bond acceptors (Lipinski definition) is 0. The Kier molecular flexibility index (Phi) is 7.51. The standard InChI is InChI=1S/C21H40/c1-8-14-21(17(4)5,19(7)16(2)3)15-13-20-11-9-18(6)10-12-20/h16,18-20H,4,8-15H2,1-3,5-7H3. The van der Waals surface area contributed by atoms with E-state index < -0.39 is 0 Å². The normalized spacial score (nSPS) is 27.4. The molecule has 124 valence electrons. The molecule has 0 aromatic rings. The first-order chi connectivity index (χ1) is 9.83. The summed E-state index contributed by atoms with van der Waals surface area (Å²) < 4.78 is 0. The first-order valence-electron chi connectivity index (χ1n) is 9.49. The van der Waals surface area contributed by atoms with Gasteiger partial charge in [0.2, 0.25) is 0 Å². The van der Waals surface area contributed by atoms with Gasteiger partial charge in [-0.3, -0.25) is 0 Å². The molecule has 0 aromatic carbocycles. The first kappa shape index (κ1) is 18.8. The second-order valence-electron chi connectivity index (χ2n) is 8.38. The molecule has 0 N–H and O–H groups in total. The van der Waals surface area contributed by atoms with Gasteiger partial charge in [-0.2, -0.15) is 0 Å². The molecular weight excluding hydrogens is 252 g/mol. The van der Waals surface area contributed by atoms with Crippen molar-refractivity contribution < 1.29 is 0 Å². The summed E-state index contributed by atoms with van der Waals surface area (Å²) in [6.45, 7) is 18.7. The molecule has 0 aromatic heterocycles. The summed E-state index contributed by atoms with van der Waals surface area (Å²) in [5, 5.41) is 0. The lowest BCUT2D eigenvalue weighted by Gasteiger charge is -2.43. The fraction of sp³-hybridized carbons (Fsp3) is 0.905. The molecule has 1 aliphatic rings. The van der Waals surface area contributed by atoms with Crippen LogP contribution in [0.15, 0.2) is 12.2 Å². The van der Waals surface area contributed by atoms with Crippen LogP contribution in [0.1, 0.15) is 92.9 Å². The van der Waals surface area contributed by atoms with Gasteiger partial charge in [-0.05, 0) is 55.3 Å². The zero-order valence-corrected chi connectivity index (χ0v) is 15.7. The lowest BCUT2D eigenvalue weighted by atomic mass is 9.61. The predicted octanol–water partition coefficient (Wildman–Crippen LogP) is 7.25. The molecule has 0 saturated heterocycles. The van der Waals surface area contributed by atoms with Crippen molar-refractivity contribution in [2.24, 2.45) is 29.1 Å². The van der Waals surface area contributed by atoms with Crippen molar-refractivity contribution in [2.75, 3.05) is 0 Å². The van der Waals surface area contributed by atoms with Crippen LogP contribution in [-0.2, 0) is 0 Å². The van der Waals surface area contributed by atoms with E-state index in [-0.39, 0.29) is 0 Å². The molecule has 1 rings (SSSR count). The van der Waals surface area contributed by atoms with Crippen LogP contribution in [-0.4, -0.2) is 0 Å². The third-order valence-electron chi connectivity index (χ3n) is 6.55. The molecule has 2 atom stereocenters. The largest absolute Gasteiger partial charge is 0.0996 e. The Balaban J connectivity index is 2.74. The van der Waals surface area contributed by atoms with Gasteiger partial charge in [-0.1, -0.05) is 78.9 Å². The average Bonchev–Trinajstić information content (AvgIpc) is 2.44.